The second-order valence-corrected chi connectivity index (χ2v) is 12.1. The highest BCUT2D eigenvalue weighted by Crippen LogP contribution is 2.26. The molecule has 0 heterocycles. The number of amides is 2. The Morgan fingerprint density at radius 1 is 0.923 bits per heavy atom. The van der Waals surface area contributed by atoms with Crippen molar-refractivity contribution in [1.82, 2.24) is 10.2 Å². The van der Waals surface area contributed by atoms with Gasteiger partial charge in [-0.2, -0.15) is 0 Å². The maximum Gasteiger partial charge on any atom is 0.264 e. The Bertz CT molecular complexity index is 1380. The van der Waals surface area contributed by atoms with Gasteiger partial charge in [-0.3, -0.25) is 13.9 Å². The molecule has 0 aromatic heterocycles. The Morgan fingerprint density at radius 2 is 1.51 bits per heavy atom. The molecule has 208 valence electrons. The van der Waals surface area contributed by atoms with Gasteiger partial charge in [0.1, 0.15) is 12.6 Å². The number of carbonyl (C=O) groups is 2. The summed E-state index contributed by atoms with van der Waals surface area (Å²) in [5.41, 5.74) is 2.88. The molecule has 0 aliphatic heterocycles. The third-order valence-corrected chi connectivity index (χ3v) is 8.58. The highest BCUT2D eigenvalue weighted by atomic mass is 35.5. The number of nitrogens with one attached hydrogen (secondary N) is 1. The van der Waals surface area contributed by atoms with Gasteiger partial charge in [0.25, 0.3) is 10.0 Å². The molecular weight excluding hydrogens is 534 g/mol. The first-order valence-electron chi connectivity index (χ1n) is 12.9. The van der Waals surface area contributed by atoms with E-state index in [1.807, 2.05) is 33.8 Å². The maximum absolute atomic E-state index is 14.0. The molecule has 7 nitrogen and oxygen atoms in total. The van der Waals surface area contributed by atoms with Crippen LogP contribution in [0.15, 0.2) is 77.7 Å². The van der Waals surface area contributed by atoms with Gasteiger partial charge in [0, 0.05) is 17.6 Å². The van der Waals surface area contributed by atoms with Gasteiger partial charge < -0.3 is 10.2 Å². The van der Waals surface area contributed by atoms with Crippen molar-refractivity contribution in [1.29, 1.82) is 0 Å². The normalized spacial score (nSPS) is 12.9. The molecule has 0 saturated carbocycles. The number of benzene rings is 3. The summed E-state index contributed by atoms with van der Waals surface area (Å²) in [6.07, 6.45) is 0.736. The maximum atomic E-state index is 14.0. The molecule has 2 amide bonds. The first-order chi connectivity index (χ1) is 18.4. The molecule has 2 atom stereocenters. The van der Waals surface area contributed by atoms with Crippen LogP contribution in [-0.4, -0.2) is 43.8 Å². The van der Waals surface area contributed by atoms with Crippen LogP contribution in [0.2, 0.25) is 5.02 Å². The van der Waals surface area contributed by atoms with Crippen molar-refractivity contribution in [2.45, 2.75) is 64.6 Å². The standard InChI is InChI=1S/C30H36ClN3O4S/c1-6-23(4)32-30(36)24(5)33(19-25-12-14-26(31)15-13-25)29(35)20-34(27-17-21(2)16-22(3)18-27)39(37,38)28-10-8-7-9-11-28/h7-18,23-24H,6,19-20H2,1-5H3,(H,32,36)/t23-,24+/m1/s1. The quantitative estimate of drug-likeness (QED) is 0.331. The van der Waals surface area contributed by atoms with Crippen molar-refractivity contribution in [3.8, 4) is 0 Å². The molecule has 0 aliphatic carbocycles. The van der Waals surface area contributed by atoms with Gasteiger partial charge in [0.2, 0.25) is 11.8 Å². The van der Waals surface area contributed by atoms with Crippen LogP contribution < -0.4 is 9.62 Å². The first kappa shape index (κ1) is 30.2. The van der Waals surface area contributed by atoms with Gasteiger partial charge in [-0.05, 0) is 87.2 Å². The summed E-state index contributed by atoms with van der Waals surface area (Å²) in [6, 6.07) is 19.5. The SMILES string of the molecule is CC[C@@H](C)NC(=O)[C@H](C)N(Cc1ccc(Cl)cc1)C(=O)CN(c1cc(C)cc(C)c1)S(=O)(=O)c1ccccc1. The molecule has 39 heavy (non-hydrogen) atoms. The van der Waals surface area contributed by atoms with Gasteiger partial charge in [-0.1, -0.05) is 54.9 Å². The minimum absolute atomic E-state index is 0.0716. The molecule has 3 aromatic rings. The Labute approximate surface area is 236 Å². The molecule has 0 bridgehead atoms. The number of rotatable bonds is 11. The number of nitrogens with zero attached hydrogens (tertiary/aromatic N) is 2. The summed E-state index contributed by atoms with van der Waals surface area (Å²) in [6.45, 7) is 8.89. The second-order valence-electron chi connectivity index (χ2n) is 9.81. The Hall–Kier alpha value is -3.36. The van der Waals surface area contributed by atoms with E-state index in [1.54, 1.807) is 61.5 Å². The molecule has 0 saturated heterocycles. The van der Waals surface area contributed by atoms with Gasteiger partial charge in [-0.15, -0.1) is 0 Å². The molecule has 3 aromatic carbocycles. The lowest BCUT2D eigenvalue weighted by atomic mass is 10.1. The van der Waals surface area contributed by atoms with E-state index < -0.39 is 28.5 Å². The third-order valence-electron chi connectivity index (χ3n) is 6.54. The summed E-state index contributed by atoms with van der Waals surface area (Å²) in [5, 5.41) is 3.48. The molecule has 0 spiro atoms. The minimum atomic E-state index is -4.10. The zero-order chi connectivity index (χ0) is 28.7. The number of anilines is 1. The summed E-state index contributed by atoms with van der Waals surface area (Å²) in [4.78, 5) is 28.6. The van der Waals surface area contributed by atoms with Crippen LogP contribution in [0.5, 0.6) is 0 Å². The van der Waals surface area contributed by atoms with E-state index in [9.17, 15) is 18.0 Å². The topological polar surface area (TPSA) is 86.8 Å². The van der Waals surface area contributed by atoms with Crippen LogP contribution >= 0.6 is 11.6 Å². The van der Waals surface area contributed by atoms with Gasteiger partial charge in [0.05, 0.1) is 10.6 Å². The van der Waals surface area contributed by atoms with Crippen molar-refractivity contribution < 1.29 is 18.0 Å². The van der Waals surface area contributed by atoms with Gasteiger partial charge >= 0.3 is 0 Å². The molecule has 0 radical (unpaired) electrons. The zero-order valence-electron chi connectivity index (χ0n) is 23.0. The fourth-order valence-corrected chi connectivity index (χ4v) is 5.72. The second kappa shape index (κ2) is 13.1. The molecule has 9 heteroatoms. The Morgan fingerprint density at radius 3 is 2.08 bits per heavy atom. The van der Waals surface area contributed by atoms with E-state index in [4.69, 9.17) is 11.6 Å². The first-order valence-corrected chi connectivity index (χ1v) is 14.7. The summed E-state index contributed by atoms with van der Waals surface area (Å²) in [5.74, 6) is -0.814. The lowest BCUT2D eigenvalue weighted by Gasteiger charge is -2.32. The van der Waals surface area contributed by atoms with Crippen LogP contribution in [-0.2, 0) is 26.2 Å². The lowest BCUT2D eigenvalue weighted by Crippen LogP contribution is -2.52. The fraction of sp³-hybridized carbons (Fsp3) is 0.333. The molecule has 0 fully saturated rings. The van der Waals surface area contributed by atoms with Crippen molar-refractivity contribution in [2.75, 3.05) is 10.8 Å². The minimum Gasteiger partial charge on any atom is -0.352 e. The predicted molar refractivity (Wildman–Crippen MR) is 156 cm³/mol. The van der Waals surface area contributed by atoms with Crippen LogP contribution in [0, 0.1) is 13.8 Å². The highest BCUT2D eigenvalue weighted by molar-refractivity contribution is 7.92. The average molecular weight is 570 g/mol. The number of aryl methyl sites for hydroxylation is 2. The number of hydrogen-bond acceptors (Lipinski definition) is 4. The van der Waals surface area contributed by atoms with Crippen LogP contribution in [0.4, 0.5) is 5.69 Å². The number of halogens is 1. The van der Waals surface area contributed by atoms with E-state index >= 15 is 0 Å². The van der Waals surface area contributed by atoms with Gasteiger partial charge in [0.15, 0.2) is 0 Å². The van der Waals surface area contributed by atoms with Crippen molar-refractivity contribution in [2.24, 2.45) is 0 Å². The van der Waals surface area contributed by atoms with Crippen LogP contribution in [0.3, 0.4) is 0 Å². The smallest absolute Gasteiger partial charge is 0.264 e. The predicted octanol–water partition coefficient (Wildman–Crippen LogP) is 5.48. The number of carbonyl (C=O) groups excluding carboxylic acids is 2. The third kappa shape index (κ3) is 7.83. The number of sulfonamides is 1. The molecular formula is C30H36ClN3O4S. The van der Waals surface area contributed by atoms with E-state index in [1.165, 1.54) is 17.0 Å². The van der Waals surface area contributed by atoms with E-state index in [0.717, 1.165) is 27.4 Å². The van der Waals surface area contributed by atoms with Crippen LogP contribution in [0.1, 0.15) is 43.9 Å². The number of hydrogen-bond donors (Lipinski definition) is 1. The Kier molecular flexibility index (Phi) is 10.2. The average Bonchev–Trinajstić information content (AvgIpc) is 2.90. The summed E-state index contributed by atoms with van der Waals surface area (Å²) in [7, 11) is -4.10. The molecule has 0 aliphatic rings. The molecule has 0 unspecified atom stereocenters. The van der Waals surface area contributed by atoms with Crippen molar-refractivity contribution in [3.05, 3.63) is 94.5 Å². The van der Waals surface area contributed by atoms with Gasteiger partial charge in [-0.25, -0.2) is 8.42 Å². The van der Waals surface area contributed by atoms with E-state index in [0.29, 0.717) is 10.7 Å². The van der Waals surface area contributed by atoms with E-state index in [-0.39, 0.29) is 23.4 Å². The zero-order valence-corrected chi connectivity index (χ0v) is 24.6. The summed E-state index contributed by atoms with van der Waals surface area (Å²) < 4.78 is 28.8. The monoisotopic (exact) mass is 569 g/mol. The van der Waals surface area contributed by atoms with E-state index in [2.05, 4.69) is 5.32 Å². The summed E-state index contributed by atoms with van der Waals surface area (Å²) >= 11 is 6.05. The van der Waals surface area contributed by atoms with Crippen molar-refractivity contribution in [3.63, 3.8) is 0 Å². The largest absolute Gasteiger partial charge is 0.352 e. The van der Waals surface area contributed by atoms with Crippen molar-refractivity contribution >= 4 is 39.1 Å². The molecule has 1 N–H and O–H groups in total. The Balaban J connectivity index is 2.04. The lowest BCUT2D eigenvalue weighted by molar-refractivity contribution is -0.139. The highest BCUT2D eigenvalue weighted by Gasteiger charge is 2.32. The van der Waals surface area contributed by atoms with Crippen LogP contribution in [0.25, 0.3) is 0 Å². The molecule has 3 rings (SSSR count). The fourth-order valence-electron chi connectivity index (χ4n) is 4.18.